The molecule has 4 nitrogen and oxygen atoms in total. The zero-order chi connectivity index (χ0) is 14.1. The van der Waals surface area contributed by atoms with Crippen LogP contribution < -0.4 is 5.43 Å². The normalized spacial score (nSPS) is 12.4. The van der Waals surface area contributed by atoms with Crippen LogP contribution in [0, 0.1) is 0 Å². The van der Waals surface area contributed by atoms with E-state index >= 15 is 0 Å². The summed E-state index contributed by atoms with van der Waals surface area (Å²) in [7, 11) is -5.29. The molecule has 102 valence electrons. The lowest BCUT2D eigenvalue weighted by atomic mass is 10.3. The van der Waals surface area contributed by atoms with E-state index in [1.54, 1.807) is 29.2 Å². The van der Waals surface area contributed by atoms with Crippen LogP contribution in [-0.2, 0) is 9.84 Å². The average Bonchev–Trinajstić information content (AvgIpc) is 2.81. The third kappa shape index (κ3) is 2.73. The fourth-order valence-electron chi connectivity index (χ4n) is 1.40. The summed E-state index contributed by atoms with van der Waals surface area (Å²) in [5.74, 6) is 0. The topological polar surface area (TPSA) is 51.1 Å². The maximum absolute atomic E-state index is 12.3. The first-order valence-corrected chi connectivity index (χ1v) is 6.60. The van der Waals surface area contributed by atoms with Crippen molar-refractivity contribution in [2.45, 2.75) is 10.4 Å². The third-order valence-corrected chi connectivity index (χ3v) is 3.83. The number of alkyl halides is 3. The molecule has 1 aromatic carbocycles. The highest BCUT2D eigenvalue weighted by atomic mass is 32.2. The summed E-state index contributed by atoms with van der Waals surface area (Å²) in [5, 5.41) is 0. The number of halogens is 3. The van der Waals surface area contributed by atoms with E-state index in [1.165, 1.54) is 12.1 Å². The van der Waals surface area contributed by atoms with Gasteiger partial charge >= 0.3 is 5.51 Å². The molecule has 8 heteroatoms. The van der Waals surface area contributed by atoms with Crippen molar-refractivity contribution in [3.63, 3.8) is 0 Å². The van der Waals surface area contributed by atoms with Crippen molar-refractivity contribution in [2.24, 2.45) is 0 Å². The molecule has 0 atom stereocenters. The maximum Gasteiger partial charge on any atom is 0.501 e. The van der Waals surface area contributed by atoms with Crippen molar-refractivity contribution in [3.8, 4) is 0 Å². The van der Waals surface area contributed by atoms with Crippen LogP contribution in [0.15, 0.2) is 53.7 Å². The average molecular weight is 290 g/mol. The molecule has 2 aromatic rings. The minimum atomic E-state index is -5.29. The molecule has 19 heavy (non-hydrogen) atoms. The smallest absolute Gasteiger partial charge is 0.295 e. The number of nitrogens with zero attached hydrogens (tertiary/aromatic N) is 1. The minimum absolute atomic E-state index is 0.470. The Balaban J connectivity index is 2.24. The molecule has 0 fully saturated rings. The lowest BCUT2D eigenvalue weighted by molar-refractivity contribution is -0.0436. The highest BCUT2D eigenvalue weighted by Gasteiger charge is 2.46. The van der Waals surface area contributed by atoms with Gasteiger partial charge in [0.2, 0.25) is 0 Å². The van der Waals surface area contributed by atoms with Crippen molar-refractivity contribution in [1.29, 1.82) is 0 Å². The Labute approximate surface area is 107 Å². The van der Waals surface area contributed by atoms with E-state index < -0.39 is 20.2 Å². The number of anilines is 1. The predicted molar refractivity (Wildman–Crippen MR) is 63.1 cm³/mol. The van der Waals surface area contributed by atoms with E-state index in [2.05, 4.69) is 5.43 Å². The Morgan fingerprint density at radius 1 is 1.00 bits per heavy atom. The highest BCUT2D eigenvalue weighted by molar-refractivity contribution is 7.92. The number of nitrogens with one attached hydrogen (secondary N) is 1. The zero-order valence-corrected chi connectivity index (χ0v) is 10.2. The standard InChI is InChI=1S/C11H9F3N2O2S/c12-11(13,14)19(17,18)10-5-3-9(4-6-10)15-16-7-1-2-8-16/h1-8,15H. The Hall–Kier alpha value is -1.96. The molecule has 1 heterocycles. The molecule has 0 aliphatic heterocycles. The number of rotatable bonds is 3. The zero-order valence-electron chi connectivity index (χ0n) is 9.42. The van der Waals surface area contributed by atoms with Gasteiger partial charge in [-0.25, -0.2) is 8.42 Å². The van der Waals surface area contributed by atoms with Gasteiger partial charge in [0.05, 0.1) is 10.6 Å². The molecule has 0 radical (unpaired) electrons. The first-order valence-electron chi connectivity index (χ1n) is 5.12. The number of sulfone groups is 1. The van der Waals surface area contributed by atoms with E-state index in [1.807, 2.05) is 0 Å². The maximum atomic E-state index is 12.3. The van der Waals surface area contributed by atoms with Gasteiger partial charge in [0.25, 0.3) is 9.84 Å². The van der Waals surface area contributed by atoms with Gasteiger partial charge < -0.3 is 0 Å². The van der Waals surface area contributed by atoms with Crippen molar-refractivity contribution >= 4 is 15.5 Å². The quantitative estimate of drug-likeness (QED) is 0.945. The van der Waals surface area contributed by atoms with E-state index in [4.69, 9.17) is 0 Å². The molecule has 0 spiro atoms. The van der Waals surface area contributed by atoms with E-state index in [-0.39, 0.29) is 0 Å². The van der Waals surface area contributed by atoms with Crippen molar-refractivity contribution in [2.75, 3.05) is 5.43 Å². The van der Waals surface area contributed by atoms with E-state index in [9.17, 15) is 21.6 Å². The molecule has 1 N–H and O–H groups in total. The van der Waals surface area contributed by atoms with Gasteiger partial charge in [-0.05, 0) is 36.4 Å². The summed E-state index contributed by atoms with van der Waals surface area (Å²) in [6.07, 6.45) is 3.39. The van der Waals surface area contributed by atoms with E-state index in [0.29, 0.717) is 5.69 Å². The Morgan fingerprint density at radius 3 is 2.00 bits per heavy atom. The Bertz CT molecular complexity index is 646. The second kappa shape index (κ2) is 4.61. The predicted octanol–water partition coefficient (Wildman–Crippen LogP) is 2.66. The van der Waals surface area contributed by atoms with Crippen LogP contribution in [0.4, 0.5) is 18.9 Å². The summed E-state index contributed by atoms with van der Waals surface area (Å²) >= 11 is 0. The SMILES string of the molecule is O=S(=O)(c1ccc(Nn2cccc2)cc1)C(F)(F)F. The van der Waals surface area contributed by atoms with E-state index in [0.717, 1.165) is 12.1 Å². The van der Waals surface area contributed by atoms with Gasteiger partial charge in [0, 0.05) is 12.4 Å². The van der Waals surface area contributed by atoms with Gasteiger partial charge in [-0.3, -0.25) is 10.1 Å². The van der Waals surface area contributed by atoms with Crippen LogP contribution in [0.2, 0.25) is 0 Å². The van der Waals surface area contributed by atoms with Crippen LogP contribution in [0.3, 0.4) is 0 Å². The van der Waals surface area contributed by atoms with Crippen molar-refractivity contribution in [3.05, 3.63) is 48.8 Å². The second-order valence-electron chi connectivity index (χ2n) is 3.68. The Morgan fingerprint density at radius 2 is 1.53 bits per heavy atom. The summed E-state index contributed by atoms with van der Waals surface area (Å²) in [5.41, 5.74) is -1.98. The number of hydrogen-bond acceptors (Lipinski definition) is 3. The summed E-state index contributed by atoms with van der Waals surface area (Å²) in [4.78, 5) is -0.780. The molecule has 0 amide bonds. The minimum Gasteiger partial charge on any atom is -0.295 e. The lowest BCUT2D eigenvalue weighted by Gasteiger charge is -2.10. The van der Waals surface area contributed by atoms with Crippen LogP contribution in [0.5, 0.6) is 0 Å². The second-order valence-corrected chi connectivity index (χ2v) is 5.62. The molecule has 2 rings (SSSR count). The Kier molecular flexibility index (Phi) is 3.27. The molecule has 0 unspecified atom stereocenters. The number of benzene rings is 1. The monoisotopic (exact) mass is 290 g/mol. The molecule has 0 aliphatic carbocycles. The molecule has 0 aliphatic rings. The van der Waals surface area contributed by atoms with Crippen LogP contribution in [0.25, 0.3) is 0 Å². The van der Waals surface area contributed by atoms with Crippen LogP contribution in [0.1, 0.15) is 0 Å². The molecule has 1 aromatic heterocycles. The molecule has 0 saturated heterocycles. The van der Waals surface area contributed by atoms with Gasteiger partial charge in [0.1, 0.15) is 0 Å². The lowest BCUT2D eigenvalue weighted by Crippen LogP contribution is -2.23. The molecule has 0 saturated carbocycles. The largest absolute Gasteiger partial charge is 0.501 e. The van der Waals surface area contributed by atoms with Crippen LogP contribution >= 0.6 is 0 Å². The van der Waals surface area contributed by atoms with Crippen LogP contribution in [-0.4, -0.2) is 18.6 Å². The van der Waals surface area contributed by atoms with Gasteiger partial charge in [0.15, 0.2) is 0 Å². The summed E-state index contributed by atoms with van der Waals surface area (Å²) in [6.45, 7) is 0. The van der Waals surface area contributed by atoms with Crippen molar-refractivity contribution in [1.82, 2.24) is 4.68 Å². The van der Waals surface area contributed by atoms with Gasteiger partial charge in [-0.1, -0.05) is 0 Å². The summed E-state index contributed by atoms with van der Waals surface area (Å²) < 4.78 is 60.8. The molecule has 0 bridgehead atoms. The fourth-order valence-corrected chi connectivity index (χ4v) is 2.16. The number of aromatic nitrogens is 1. The first-order chi connectivity index (χ1) is 8.80. The van der Waals surface area contributed by atoms with Crippen molar-refractivity contribution < 1.29 is 21.6 Å². The molecular formula is C11H9F3N2O2S. The third-order valence-electron chi connectivity index (χ3n) is 2.33. The van der Waals surface area contributed by atoms with Gasteiger partial charge in [-0.15, -0.1) is 0 Å². The first kappa shape index (κ1) is 13.5. The fraction of sp³-hybridized carbons (Fsp3) is 0.0909. The van der Waals surface area contributed by atoms with Gasteiger partial charge in [-0.2, -0.15) is 13.2 Å². The summed E-state index contributed by atoms with van der Waals surface area (Å²) in [6, 6.07) is 7.87. The number of hydrogen-bond donors (Lipinski definition) is 1. The highest BCUT2D eigenvalue weighted by Crippen LogP contribution is 2.30. The molecular weight excluding hydrogens is 281 g/mol.